The van der Waals surface area contributed by atoms with Crippen LogP contribution in [0.3, 0.4) is 0 Å². The minimum absolute atomic E-state index is 0.0493. The lowest BCUT2D eigenvalue weighted by Crippen LogP contribution is -2.35. The van der Waals surface area contributed by atoms with Crippen LogP contribution >= 0.6 is 0 Å². The van der Waals surface area contributed by atoms with Gasteiger partial charge in [-0.2, -0.15) is 0 Å². The molecule has 6 nitrogen and oxygen atoms in total. The summed E-state index contributed by atoms with van der Waals surface area (Å²) in [4.78, 5) is 34.0. The fraction of sp³-hybridized carbons (Fsp3) is 0.545. The molecular formula is C11H18N2O4. The highest BCUT2D eigenvalue weighted by Crippen LogP contribution is 1.97. The number of nitrogens with one attached hydrogen (secondary N) is 1. The summed E-state index contributed by atoms with van der Waals surface area (Å²) in [7, 11) is 1.59. The highest BCUT2D eigenvalue weighted by Gasteiger charge is 2.08. The Hall–Kier alpha value is -1.85. The number of nitrogens with zero attached hydrogens (tertiary/aromatic N) is 1. The monoisotopic (exact) mass is 242 g/mol. The second-order valence-corrected chi connectivity index (χ2v) is 3.38. The van der Waals surface area contributed by atoms with E-state index in [9.17, 15) is 14.4 Å². The first kappa shape index (κ1) is 15.2. The Balaban J connectivity index is 4.16. The van der Waals surface area contributed by atoms with E-state index in [2.05, 4.69) is 5.32 Å². The summed E-state index contributed by atoms with van der Waals surface area (Å²) in [6.07, 6.45) is 2.07. The molecule has 0 aliphatic heterocycles. The molecule has 0 aliphatic carbocycles. The lowest BCUT2D eigenvalue weighted by atomic mass is 10.3. The maximum absolute atomic E-state index is 11.4. The van der Waals surface area contributed by atoms with Crippen molar-refractivity contribution in [3.8, 4) is 0 Å². The molecule has 17 heavy (non-hydrogen) atoms. The van der Waals surface area contributed by atoms with Crippen LogP contribution in [-0.2, 0) is 19.1 Å². The SMILES string of the molecule is CCOC(=O)/C(C)=C/CN(C)C(=O)CNC=O. The predicted octanol–water partition coefficient (Wildman–Crippen LogP) is -0.300. The van der Waals surface area contributed by atoms with Gasteiger partial charge in [0.25, 0.3) is 0 Å². The molecule has 0 aliphatic rings. The second-order valence-electron chi connectivity index (χ2n) is 3.38. The number of ether oxygens (including phenoxy) is 1. The van der Waals surface area contributed by atoms with E-state index in [4.69, 9.17) is 4.74 Å². The molecule has 96 valence electrons. The zero-order chi connectivity index (χ0) is 13.3. The molecule has 0 aromatic heterocycles. The zero-order valence-electron chi connectivity index (χ0n) is 10.4. The summed E-state index contributed by atoms with van der Waals surface area (Å²) in [5.74, 6) is -0.621. The van der Waals surface area contributed by atoms with E-state index in [-0.39, 0.29) is 18.4 Å². The first-order valence-corrected chi connectivity index (χ1v) is 5.27. The quantitative estimate of drug-likeness (QED) is 0.378. The van der Waals surface area contributed by atoms with Crippen LogP contribution in [0.2, 0.25) is 0 Å². The van der Waals surface area contributed by atoms with E-state index in [1.54, 1.807) is 27.0 Å². The topological polar surface area (TPSA) is 75.7 Å². The fourth-order valence-electron chi connectivity index (χ4n) is 0.968. The number of hydrogen-bond acceptors (Lipinski definition) is 4. The molecule has 0 saturated heterocycles. The standard InChI is InChI=1S/C11H18N2O4/c1-4-17-11(16)9(2)5-6-13(3)10(15)7-12-8-14/h5,8H,4,6-7H2,1-3H3,(H,12,14)/b9-5+. The molecule has 2 amide bonds. The van der Waals surface area contributed by atoms with E-state index in [0.29, 0.717) is 25.1 Å². The summed E-state index contributed by atoms with van der Waals surface area (Å²) in [6.45, 7) is 3.92. The van der Waals surface area contributed by atoms with Gasteiger partial charge in [0.05, 0.1) is 13.2 Å². The van der Waals surface area contributed by atoms with Gasteiger partial charge < -0.3 is 15.0 Å². The Labute approximate surface area is 101 Å². The van der Waals surface area contributed by atoms with Crippen molar-refractivity contribution in [2.45, 2.75) is 13.8 Å². The molecule has 1 N–H and O–H groups in total. The minimum Gasteiger partial charge on any atom is -0.463 e. The highest BCUT2D eigenvalue weighted by molar-refractivity contribution is 5.88. The van der Waals surface area contributed by atoms with Crippen molar-refractivity contribution in [2.75, 3.05) is 26.7 Å². The van der Waals surface area contributed by atoms with Crippen molar-refractivity contribution in [3.63, 3.8) is 0 Å². The molecule has 0 saturated carbocycles. The van der Waals surface area contributed by atoms with Gasteiger partial charge in [-0.15, -0.1) is 0 Å². The molecule has 0 bridgehead atoms. The van der Waals surface area contributed by atoms with Crippen molar-refractivity contribution in [1.82, 2.24) is 10.2 Å². The third-order valence-electron chi connectivity index (χ3n) is 2.03. The normalized spacial score (nSPS) is 10.6. The van der Waals surface area contributed by atoms with Gasteiger partial charge in [0.1, 0.15) is 0 Å². The fourth-order valence-corrected chi connectivity index (χ4v) is 0.968. The Morgan fingerprint density at radius 3 is 2.59 bits per heavy atom. The van der Waals surface area contributed by atoms with E-state index in [1.807, 2.05) is 0 Å². The number of esters is 1. The van der Waals surface area contributed by atoms with Crippen LogP contribution in [0.25, 0.3) is 0 Å². The van der Waals surface area contributed by atoms with Crippen molar-refractivity contribution < 1.29 is 19.1 Å². The largest absolute Gasteiger partial charge is 0.463 e. The van der Waals surface area contributed by atoms with E-state index in [0.717, 1.165) is 0 Å². The van der Waals surface area contributed by atoms with Gasteiger partial charge in [-0.1, -0.05) is 6.08 Å². The molecular weight excluding hydrogens is 224 g/mol. The van der Waals surface area contributed by atoms with Gasteiger partial charge in [-0.3, -0.25) is 9.59 Å². The summed E-state index contributed by atoms with van der Waals surface area (Å²) in [5.41, 5.74) is 0.454. The second kappa shape index (κ2) is 8.32. The Morgan fingerprint density at radius 2 is 2.06 bits per heavy atom. The third kappa shape index (κ3) is 6.34. The third-order valence-corrected chi connectivity index (χ3v) is 2.03. The Morgan fingerprint density at radius 1 is 1.41 bits per heavy atom. The number of amides is 2. The molecule has 0 radical (unpaired) electrons. The van der Waals surface area contributed by atoms with E-state index in [1.165, 1.54) is 4.90 Å². The summed E-state index contributed by atoms with van der Waals surface area (Å²) in [5, 5.41) is 2.28. The molecule has 0 heterocycles. The highest BCUT2D eigenvalue weighted by atomic mass is 16.5. The van der Waals surface area contributed by atoms with Crippen LogP contribution in [0.5, 0.6) is 0 Å². The molecule has 0 atom stereocenters. The molecule has 6 heteroatoms. The summed E-state index contributed by atoms with van der Waals surface area (Å²) >= 11 is 0. The average molecular weight is 242 g/mol. The number of hydrogen-bond donors (Lipinski definition) is 1. The molecule has 0 fully saturated rings. The van der Waals surface area contributed by atoms with Crippen LogP contribution in [-0.4, -0.2) is 49.9 Å². The smallest absolute Gasteiger partial charge is 0.333 e. The maximum Gasteiger partial charge on any atom is 0.333 e. The Bertz CT molecular complexity index is 313. The number of rotatable bonds is 7. The van der Waals surface area contributed by atoms with Gasteiger partial charge >= 0.3 is 5.97 Å². The van der Waals surface area contributed by atoms with Crippen molar-refractivity contribution in [2.24, 2.45) is 0 Å². The van der Waals surface area contributed by atoms with Crippen molar-refractivity contribution >= 4 is 18.3 Å². The molecule has 0 aromatic rings. The zero-order valence-corrected chi connectivity index (χ0v) is 10.4. The summed E-state index contributed by atoms with van der Waals surface area (Å²) in [6, 6.07) is 0. The average Bonchev–Trinajstić information content (AvgIpc) is 2.32. The van der Waals surface area contributed by atoms with Crippen molar-refractivity contribution in [3.05, 3.63) is 11.6 Å². The molecule has 0 rings (SSSR count). The van der Waals surface area contributed by atoms with E-state index >= 15 is 0 Å². The van der Waals surface area contributed by atoms with Gasteiger partial charge in [0.15, 0.2) is 0 Å². The van der Waals surface area contributed by atoms with Gasteiger partial charge in [0, 0.05) is 19.2 Å². The minimum atomic E-state index is -0.389. The van der Waals surface area contributed by atoms with Crippen LogP contribution in [0.15, 0.2) is 11.6 Å². The number of carbonyl (C=O) groups excluding carboxylic acids is 3. The van der Waals surface area contributed by atoms with Crippen LogP contribution in [0, 0.1) is 0 Å². The lowest BCUT2D eigenvalue weighted by molar-refractivity contribution is -0.138. The molecule has 0 spiro atoms. The first-order valence-electron chi connectivity index (χ1n) is 5.27. The van der Waals surface area contributed by atoms with E-state index < -0.39 is 0 Å². The van der Waals surface area contributed by atoms with Crippen LogP contribution in [0.1, 0.15) is 13.8 Å². The predicted molar refractivity (Wildman–Crippen MR) is 62.1 cm³/mol. The lowest BCUT2D eigenvalue weighted by Gasteiger charge is -2.14. The molecule has 0 unspecified atom stereocenters. The molecule has 0 aromatic carbocycles. The summed E-state index contributed by atoms with van der Waals surface area (Å²) < 4.78 is 4.79. The van der Waals surface area contributed by atoms with Crippen LogP contribution < -0.4 is 5.32 Å². The Kier molecular flexibility index (Phi) is 7.41. The maximum atomic E-state index is 11.4. The number of carbonyl (C=O) groups is 3. The first-order chi connectivity index (χ1) is 8.02. The van der Waals surface area contributed by atoms with Gasteiger partial charge in [-0.05, 0) is 13.8 Å². The van der Waals surface area contributed by atoms with Crippen molar-refractivity contribution in [1.29, 1.82) is 0 Å². The van der Waals surface area contributed by atoms with Gasteiger partial charge in [0.2, 0.25) is 12.3 Å². The van der Waals surface area contributed by atoms with Crippen LogP contribution in [0.4, 0.5) is 0 Å². The van der Waals surface area contributed by atoms with Gasteiger partial charge in [-0.25, -0.2) is 4.79 Å². The number of likely N-dealkylation sites (N-methyl/N-ethyl adjacent to an activating group) is 1.